The minimum atomic E-state index is -4.40. The molecule has 3 heterocycles. The number of H-pyrrole nitrogens is 1. The van der Waals surface area contributed by atoms with Crippen molar-refractivity contribution in [1.82, 2.24) is 20.1 Å². The molecular formula is C22H18F3N5O2. The molecule has 0 aliphatic heterocycles. The van der Waals surface area contributed by atoms with Crippen LogP contribution in [-0.2, 0) is 16.6 Å². The van der Waals surface area contributed by atoms with E-state index in [0.29, 0.717) is 0 Å². The summed E-state index contributed by atoms with van der Waals surface area (Å²) in [4.78, 5) is 24.1. The van der Waals surface area contributed by atoms with Crippen LogP contribution in [0, 0.1) is 6.92 Å². The van der Waals surface area contributed by atoms with Gasteiger partial charge in [-0.2, -0.15) is 13.2 Å². The Kier molecular flexibility index (Phi) is 4.54. The molecule has 0 atom stereocenters. The maximum Gasteiger partial charge on any atom is 0.401 e. The summed E-state index contributed by atoms with van der Waals surface area (Å²) < 4.78 is 44.4. The maximum atomic E-state index is 13.2. The van der Waals surface area contributed by atoms with Crippen molar-refractivity contribution in [1.29, 1.82) is 0 Å². The molecule has 1 aliphatic carbocycles. The number of nitrogens with one attached hydrogen (secondary N) is 2. The minimum Gasteiger partial charge on any atom is -0.358 e. The quantitative estimate of drug-likeness (QED) is 0.468. The number of halogens is 3. The Morgan fingerprint density at radius 1 is 1.19 bits per heavy atom. The van der Waals surface area contributed by atoms with E-state index in [-0.39, 0.29) is 30.8 Å². The van der Waals surface area contributed by atoms with Crippen molar-refractivity contribution in [3.8, 4) is 11.1 Å². The molecule has 10 heteroatoms. The molecule has 3 aromatic heterocycles. The van der Waals surface area contributed by atoms with E-state index in [1.54, 1.807) is 6.20 Å². The summed E-state index contributed by atoms with van der Waals surface area (Å²) in [6.45, 7) is 1.86. The first-order chi connectivity index (χ1) is 15.2. The lowest BCUT2D eigenvalue weighted by atomic mass is 10.0. The Labute approximate surface area is 180 Å². The Bertz CT molecular complexity index is 1300. The molecule has 5 rings (SSSR count). The molecule has 2 N–H and O–H groups in total. The first-order valence-electron chi connectivity index (χ1n) is 9.99. The van der Waals surface area contributed by atoms with Crippen LogP contribution in [0.5, 0.6) is 0 Å². The summed E-state index contributed by atoms with van der Waals surface area (Å²) in [5.74, 6) is 0.105. The minimum absolute atomic E-state index is 0.0224. The van der Waals surface area contributed by atoms with E-state index < -0.39 is 17.5 Å². The Hall–Kier alpha value is -3.69. The fourth-order valence-corrected chi connectivity index (χ4v) is 3.71. The number of hydrogen-bond acceptors (Lipinski definition) is 5. The highest BCUT2D eigenvalue weighted by Crippen LogP contribution is 2.59. The van der Waals surface area contributed by atoms with E-state index in [1.165, 1.54) is 0 Å². The van der Waals surface area contributed by atoms with Gasteiger partial charge in [0.05, 0.1) is 6.42 Å². The van der Waals surface area contributed by atoms with E-state index in [2.05, 4.69) is 25.4 Å². The molecule has 0 spiro atoms. The lowest BCUT2D eigenvalue weighted by Crippen LogP contribution is -2.28. The van der Waals surface area contributed by atoms with Crippen molar-refractivity contribution in [2.45, 2.75) is 37.8 Å². The largest absolute Gasteiger partial charge is 0.401 e. The number of amides is 1. The summed E-state index contributed by atoms with van der Waals surface area (Å²) >= 11 is 0. The second-order valence-electron chi connectivity index (χ2n) is 7.99. The molecule has 164 valence electrons. The molecule has 0 radical (unpaired) electrons. The van der Waals surface area contributed by atoms with Crippen molar-refractivity contribution < 1.29 is 22.5 Å². The number of rotatable bonds is 5. The van der Waals surface area contributed by atoms with Crippen molar-refractivity contribution >= 4 is 22.9 Å². The number of aromatic nitrogens is 4. The number of pyridine rings is 1. The van der Waals surface area contributed by atoms with Crippen LogP contribution in [0.3, 0.4) is 0 Å². The van der Waals surface area contributed by atoms with E-state index in [1.807, 2.05) is 37.3 Å². The summed E-state index contributed by atoms with van der Waals surface area (Å²) in [5, 5.41) is 6.07. The number of carbonyl (C=O) groups is 1. The molecule has 0 saturated heterocycles. The number of aromatic amines is 1. The number of hydrogen-bond donors (Lipinski definition) is 2. The lowest BCUT2D eigenvalue weighted by molar-refractivity contribution is -0.165. The summed E-state index contributed by atoms with van der Waals surface area (Å²) in [6.07, 6.45) is -2.67. The predicted octanol–water partition coefficient (Wildman–Crippen LogP) is 4.70. The van der Waals surface area contributed by atoms with Gasteiger partial charge in [-0.3, -0.25) is 4.79 Å². The van der Waals surface area contributed by atoms with Crippen LogP contribution in [0.25, 0.3) is 22.3 Å². The Morgan fingerprint density at radius 3 is 2.62 bits per heavy atom. The summed E-state index contributed by atoms with van der Waals surface area (Å²) in [5.41, 5.74) is 2.09. The van der Waals surface area contributed by atoms with Gasteiger partial charge in [0.1, 0.15) is 16.8 Å². The van der Waals surface area contributed by atoms with Gasteiger partial charge in [-0.25, -0.2) is 9.97 Å². The van der Waals surface area contributed by atoms with Gasteiger partial charge in [-0.15, -0.1) is 0 Å². The normalized spacial score (nSPS) is 15.1. The number of carbonyl (C=O) groups excluding carboxylic acids is 1. The van der Waals surface area contributed by atoms with Crippen LogP contribution in [0.4, 0.5) is 19.0 Å². The van der Waals surface area contributed by atoms with Crippen molar-refractivity contribution in [2.75, 3.05) is 5.32 Å². The van der Waals surface area contributed by atoms with Gasteiger partial charge >= 0.3 is 6.18 Å². The summed E-state index contributed by atoms with van der Waals surface area (Å²) in [6, 6.07) is 10.5. The first-order valence-corrected chi connectivity index (χ1v) is 9.99. The number of imidazole rings is 1. The SMILES string of the molecule is Cc1nc2cc(-c3ccc(CC(=O)Nc4cc(C5(C(F)(F)F)CC5)on4)cc3)cnc2[nH]1. The molecule has 1 saturated carbocycles. The third kappa shape index (κ3) is 3.61. The number of aryl methyl sites for hydroxylation is 1. The molecule has 1 aliphatic rings. The molecule has 0 unspecified atom stereocenters. The van der Waals surface area contributed by atoms with E-state index in [0.717, 1.165) is 39.7 Å². The van der Waals surface area contributed by atoms with Crippen LogP contribution in [0.1, 0.15) is 30.0 Å². The Balaban J connectivity index is 1.24. The van der Waals surface area contributed by atoms with E-state index in [4.69, 9.17) is 4.52 Å². The van der Waals surface area contributed by atoms with Gasteiger partial charge in [0, 0.05) is 17.8 Å². The third-order valence-corrected chi connectivity index (χ3v) is 5.65. The molecular weight excluding hydrogens is 423 g/mol. The van der Waals surface area contributed by atoms with Crippen LogP contribution >= 0.6 is 0 Å². The average Bonchev–Trinajstić information content (AvgIpc) is 3.30. The summed E-state index contributed by atoms with van der Waals surface area (Å²) in [7, 11) is 0. The van der Waals surface area contributed by atoms with Gasteiger partial charge in [-0.1, -0.05) is 29.4 Å². The number of nitrogens with zero attached hydrogens (tertiary/aromatic N) is 3. The van der Waals surface area contributed by atoms with Gasteiger partial charge in [-0.05, 0) is 37.0 Å². The smallest absolute Gasteiger partial charge is 0.358 e. The van der Waals surface area contributed by atoms with E-state index in [9.17, 15) is 18.0 Å². The maximum absolute atomic E-state index is 13.2. The first kappa shape index (κ1) is 20.2. The fraction of sp³-hybridized carbons (Fsp3) is 0.273. The second-order valence-corrected chi connectivity index (χ2v) is 7.99. The second kappa shape index (κ2) is 7.18. The zero-order valence-corrected chi connectivity index (χ0v) is 17.0. The van der Waals surface area contributed by atoms with Crippen molar-refractivity contribution in [3.63, 3.8) is 0 Å². The average molecular weight is 441 g/mol. The molecule has 1 aromatic carbocycles. The highest BCUT2D eigenvalue weighted by atomic mass is 19.4. The molecule has 4 aromatic rings. The predicted molar refractivity (Wildman–Crippen MR) is 110 cm³/mol. The molecule has 32 heavy (non-hydrogen) atoms. The zero-order chi connectivity index (χ0) is 22.5. The lowest BCUT2D eigenvalue weighted by Gasteiger charge is -2.14. The van der Waals surface area contributed by atoms with Gasteiger partial charge in [0.15, 0.2) is 17.2 Å². The van der Waals surface area contributed by atoms with Crippen molar-refractivity contribution in [3.05, 3.63) is 59.7 Å². The van der Waals surface area contributed by atoms with Crippen LogP contribution in [0.2, 0.25) is 0 Å². The number of fused-ring (bicyclic) bond motifs is 1. The number of benzene rings is 1. The van der Waals surface area contributed by atoms with Gasteiger partial charge in [0.2, 0.25) is 5.91 Å². The molecule has 1 fully saturated rings. The molecule has 0 bridgehead atoms. The highest BCUT2D eigenvalue weighted by molar-refractivity contribution is 5.91. The standard InChI is InChI=1S/C22H18F3N5O2/c1-12-27-16-9-15(11-26-20(16)28-12)14-4-2-13(3-5-14)8-19(31)29-18-10-17(32-30-18)21(6-7-21)22(23,24)25/h2-5,9-11H,6-8H2,1H3,(H,26,27,28)(H,29,30,31). The van der Waals surface area contributed by atoms with Crippen LogP contribution in [-0.4, -0.2) is 32.2 Å². The molecule has 1 amide bonds. The fourth-order valence-electron chi connectivity index (χ4n) is 3.71. The van der Waals surface area contributed by atoms with Gasteiger partial charge < -0.3 is 14.8 Å². The van der Waals surface area contributed by atoms with E-state index >= 15 is 0 Å². The number of alkyl halides is 3. The van der Waals surface area contributed by atoms with Crippen LogP contribution in [0.15, 0.2) is 47.1 Å². The van der Waals surface area contributed by atoms with Crippen molar-refractivity contribution in [2.24, 2.45) is 0 Å². The number of anilines is 1. The molecule has 7 nitrogen and oxygen atoms in total. The Morgan fingerprint density at radius 2 is 1.94 bits per heavy atom. The van der Waals surface area contributed by atoms with Crippen LogP contribution < -0.4 is 5.32 Å². The monoisotopic (exact) mass is 441 g/mol. The highest BCUT2D eigenvalue weighted by Gasteiger charge is 2.66. The zero-order valence-electron chi connectivity index (χ0n) is 17.0. The topological polar surface area (TPSA) is 96.7 Å². The van der Waals surface area contributed by atoms with Gasteiger partial charge in [0.25, 0.3) is 0 Å². The third-order valence-electron chi connectivity index (χ3n) is 5.65.